The Labute approximate surface area is 169 Å². The number of aromatic nitrogens is 2. The van der Waals surface area contributed by atoms with Crippen LogP contribution >= 0.6 is 11.6 Å². The first kappa shape index (κ1) is 19.1. The highest BCUT2D eigenvalue weighted by Crippen LogP contribution is 2.33. The summed E-state index contributed by atoms with van der Waals surface area (Å²) in [6.45, 7) is 0.0504. The number of methoxy groups -OCH3 is 1. The number of rotatable bonds is 5. The Morgan fingerprint density at radius 1 is 1.21 bits per heavy atom. The monoisotopic (exact) mass is 420 g/mol. The smallest absolute Gasteiger partial charge is 0.316 e. The lowest BCUT2D eigenvalue weighted by Gasteiger charge is -2.19. The minimum Gasteiger partial charge on any atom is -0.497 e. The molecule has 150 valence electrons. The van der Waals surface area contributed by atoms with Crippen molar-refractivity contribution in [2.24, 2.45) is 0 Å². The fourth-order valence-electron chi connectivity index (χ4n) is 3.21. The minimum atomic E-state index is -0.995. The van der Waals surface area contributed by atoms with E-state index in [0.717, 1.165) is 12.1 Å². The van der Waals surface area contributed by atoms with Gasteiger partial charge in [-0.3, -0.25) is 4.79 Å². The molecule has 3 aromatic rings. The van der Waals surface area contributed by atoms with Crippen LogP contribution in [0.15, 0.2) is 40.8 Å². The van der Waals surface area contributed by atoms with Crippen molar-refractivity contribution in [2.45, 2.75) is 12.0 Å². The Kier molecular flexibility index (Phi) is 5.06. The topological polar surface area (TPSA) is 89.3 Å². The van der Waals surface area contributed by atoms with Gasteiger partial charge in [0.2, 0.25) is 11.8 Å². The molecule has 2 heterocycles. The second-order valence-corrected chi connectivity index (χ2v) is 6.83. The van der Waals surface area contributed by atoms with Gasteiger partial charge in [0.05, 0.1) is 7.11 Å². The van der Waals surface area contributed by atoms with Gasteiger partial charge < -0.3 is 19.8 Å². The number of nitrogens with one attached hydrogen (secondary N) is 2. The van der Waals surface area contributed by atoms with Gasteiger partial charge in [-0.2, -0.15) is 0 Å². The highest BCUT2D eigenvalue weighted by Gasteiger charge is 2.40. The first-order valence-corrected chi connectivity index (χ1v) is 9.00. The van der Waals surface area contributed by atoms with Crippen LogP contribution in [0.3, 0.4) is 0 Å². The maximum atomic E-state index is 14.5. The second kappa shape index (κ2) is 7.67. The zero-order valence-electron chi connectivity index (χ0n) is 15.1. The molecule has 2 aromatic carbocycles. The fraction of sp³-hybridized carbons (Fsp3) is 0.211. The molecule has 0 radical (unpaired) electrons. The molecule has 0 aliphatic carbocycles. The Bertz CT molecular complexity index is 1030. The zero-order chi connectivity index (χ0) is 20.5. The van der Waals surface area contributed by atoms with E-state index in [1.165, 1.54) is 7.11 Å². The molecule has 2 N–H and O–H groups in total. The number of nitrogens with zero attached hydrogens (tertiary/aromatic N) is 2. The lowest BCUT2D eigenvalue weighted by molar-refractivity contribution is -0.119. The van der Waals surface area contributed by atoms with E-state index in [1.807, 2.05) is 0 Å². The maximum Gasteiger partial charge on any atom is 0.316 e. The number of amides is 1. The van der Waals surface area contributed by atoms with Crippen LogP contribution in [0.25, 0.3) is 11.5 Å². The standard InChI is InChI=1S/C19H15ClF2N4O3/c1-28-11-6-13(21)15(14(22)7-11)12-8-23-17(27)16(12)24-19-26-25-18(29-19)9-2-4-10(20)5-3-9/h2-7,12,16H,8H2,1H3,(H,23,27)(H,24,26)/t12-,16-/m0/s1. The quantitative estimate of drug-likeness (QED) is 0.658. The Balaban J connectivity index is 1.59. The van der Waals surface area contributed by atoms with Gasteiger partial charge in [-0.05, 0) is 24.3 Å². The third-order valence-corrected chi connectivity index (χ3v) is 4.89. The molecule has 1 amide bonds. The van der Waals surface area contributed by atoms with Crippen LogP contribution < -0.4 is 15.4 Å². The van der Waals surface area contributed by atoms with Gasteiger partial charge in [0.25, 0.3) is 0 Å². The van der Waals surface area contributed by atoms with Gasteiger partial charge in [-0.25, -0.2) is 8.78 Å². The fourth-order valence-corrected chi connectivity index (χ4v) is 3.34. The maximum absolute atomic E-state index is 14.5. The molecule has 29 heavy (non-hydrogen) atoms. The summed E-state index contributed by atoms with van der Waals surface area (Å²) in [7, 11) is 1.31. The van der Waals surface area contributed by atoms with E-state index in [1.54, 1.807) is 24.3 Å². The molecule has 7 nitrogen and oxygen atoms in total. The number of halogens is 3. The molecule has 2 atom stereocenters. The van der Waals surface area contributed by atoms with Gasteiger partial charge in [-0.15, -0.1) is 5.10 Å². The van der Waals surface area contributed by atoms with Crippen LogP contribution in [0.2, 0.25) is 5.02 Å². The van der Waals surface area contributed by atoms with Gasteiger partial charge in [0.1, 0.15) is 23.4 Å². The summed E-state index contributed by atoms with van der Waals surface area (Å²) in [5, 5.41) is 13.7. The molecule has 4 rings (SSSR count). The first-order chi connectivity index (χ1) is 14.0. The average Bonchev–Trinajstić information content (AvgIpc) is 3.30. The molecular weight excluding hydrogens is 406 g/mol. The van der Waals surface area contributed by atoms with Crippen molar-refractivity contribution in [3.63, 3.8) is 0 Å². The Hall–Kier alpha value is -3.20. The van der Waals surface area contributed by atoms with Crippen LogP contribution in [-0.4, -0.2) is 35.8 Å². The normalized spacial score (nSPS) is 18.6. The summed E-state index contributed by atoms with van der Waals surface area (Å²) in [4.78, 5) is 12.3. The number of ether oxygens (including phenoxy) is 1. The third-order valence-electron chi connectivity index (χ3n) is 4.64. The van der Waals surface area contributed by atoms with E-state index in [2.05, 4.69) is 20.8 Å². The molecule has 10 heteroatoms. The molecule has 1 aliphatic rings. The summed E-state index contributed by atoms with van der Waals surface area (Å²) in [6.07, 6.45) is 0. The molecule has 1 fully saturated rings. The summed E-state index contributed by atoms with van der Waals surface area (Å²) in [6, 6.07) is 7.85. The number of anilines is 1. The number of benzene rings is 2. The van der Waals surface area contributed by atoms with Crippen molar-refractivity contribution in [3.05, 3.63) is 58.6 Å². The van der Waals surface area contributed by atoms with E-state index in [0.29, 0.717) is 10.6 Å². The van der Waals surface area contributed by atoms with Crippen LogP contribution in [0.5, 0.6) is 5.75 Å². The molecule has 0 spiro atoms. The lowest BCUT2D eigenvalue weighted by Crippen LogP contribution is -2.33. The summed E-state index contributed by atoms with van der Waals surface area (Å²) in [5.41, 5.74) is 0.411. The first-order valence-electron chi connectivity index (χ1n) is 8.63. The molecular formula is C19H15ClF2N4O3. The molecule has 1 saturated heterocycles. The predicted octanol–water partition coefficient (Wildman–Crippen LogP) is 3.37. The predicted molar refractivity (Wildman–Crippen MR) is 101 cm³/mol. The van der Waals surface area contributed by atoms with E-state index in [9.17, 15) is 13.6 Å². The van der Waals surface area contributed by atoms with Crippen molar-refractivity contribution >= 4 is 23.5 Å². The Morgan fingerprint density at radius 3 is 2.55 bits per heavy atom. The Morgan fingerprint density at radius 2 is 1.90 bits per heavy atom. The van der Waals surface area contributed by atoms with Gasteiger partial charge >= 0.3 is 6.01 Å². The molecule has 0 bridgehead atoms. The van der Waals surface area contributed by atoms with E-state index in [-0.39, 0.29) is 29.8 Å². The van der Waals surface area contributed by atoms with Crippen molar-refractivity contribution in [3.8, 4) is 17.2 Å². The van der Waals surface area contributed by atoms with Crippen LogP contribution in [-0.2, 0) is 4.79 Å². The SMILES string of the molecule is COc1cc(F)c([C@@H]2CNC(=O)[C@H]2Nc2nnc(-c3ccc(Cl)cc3)o2)c(F)c1. The van der Waals surface area contributed by atoms with Crippen molar-refractivity contribution < 1.29 is 22.7 Å². The molecule has 1 aromatic heterocycles. The highest BCUT2D eigenvalue weighted by atomic mass is 35.5. The van der Waals surface area contributed by atoms with Gasteiger partial charge in [0.15, 0.2) is 0 Å². The summed E-state index contributed by atoms with van der Waals surface area (Å²) >= 11 is 5.86. The minimum absolute atomic E-state index is 0.0451. The summed E-state index contributed by atoms with van der Waals surface area (Å²) < 4.78 is 39.4. The van der Waals surface area contributed by atoms with Crippen molar-refractivity contribution in [1.82, 2.24) is 15.5 Å². The number of carbonyl (C=O) groups excluding carboxylic acids is 1. The van der Waals surface area contributed by atoms with Crippen LogP contribution in [0.4, 0.5) is 14.8 Å². The molecule has 0 unspecified atom stereocenters. The average molecular weight is 421 g/mol. The van der Waals surface area contributed by atoms with E-state index in [4.69, 9.17) is 20.8 Å². The third kappa shape index (κ3) is 3.73. The summed E-state index contributed by atoms with van der Waals surface area (Å²) in [5.74, 6) is -2.60. The lowest BCUT2D eigenvalue weighted by atomic mass is 9.93. The highest BCUT2D eigenvalue weighted by molar-refractivity contribution is 6.30. The van der Waals surface area contributed by atoms with Crippen LogP contribution in [0, 0.1) is 11.6 Å². The van der Waals surface area contributed by atoms with Gasteiger partial charge in [0, 0.05) is 40.7 Å². The molecule has 1 aliphatic heterocycles. The van der Waals surface area contributed by atoms with Gasteiger partial charge in [-0.1, -0.05) is 16.7 Å². The van der Waals surface area contributed by atoms with Crippen molar-refractivity contribution in [1.29, 1.82) is 0 Å². The van der Waals surface area contributed by atoms with E-state index < -0.39 is 29.5 Å². The number of hydrogen-bond donors (Lipinski definition) is 2. The number of carbonyl (C=O) groups is 1. The van der Waals surface area contributed by atoms with Crippen LogP contribution in [0.1, 0.15) is 11.5 Å². The largest absolute Gasteiger partial charge is 0.497 e. The number of hydrogen-bond acceptors (Lipinski definition) is 6. The zero-order valence-corrected chi connectivity index (χ0v) is 15.8. The molecule has 0 saturated carbocycles. The van der Waals surface area contributed by atoms with Crippen molar-refractivity contribution in [2.75, 3.05) is 19.0 Å². The van der Waals surface area contributed by atoms with E-state index >= 15 is 0 Å². The second-order valence-electron chi connectivity index (χ2n) is 6.40.